The minimum absolute atomic E-state index is 0.121. The summed E-state index contributed by atoms with van der Waals surface area (Å²) in [5, 5.41) is 21.8. The maximum absolute atomic E-state index is 12.3. The van der Waals surface area contributed by atoms with Crippen LogP contribution in [0.15, 0.2) is 60.8 Å². The number of ether oxygens (including phenoxy) is 1. The van der Waals surface area contributed by atoms with E-state index in [4.69, 9.17) is 13.8 Å². The fourth-order valence-corrected chi connectivity index (χ4v) is 6.17. The topological polar surface area (TPSA) is 169 Å². The Kier molecular flexibility index (Phi) is 37.1. The van der Waals surface area contributed by atoms with Gasteiger partial charge in [0.05, 0.1) is 13.2 Å². The number of carboxylic acids is 1. The summed E-state index contributed by atoms with van der Waals surface area (Å²) >= 11 is 0. The number of esters is 1. The maximum Gasteiger partial charge on any atom is 0.472 e. The van der Waals surface area contributed by atoms with E-state index in [0.717, 1.165) is 89.9 Å². The third kappa shape index (κ3) is 38.1. The molecular formula is C44H76NO10P. The molecule has 0 rings (SSSR count). The Hall–Kier alpha value is -2.82. The van der Waals surface area contributed by atoms with E-state index in [2.05, 4.69) is 79.9 Å². The Balaban J connectivity index is 3.98. The first-order valence-electron chi connectivity index (χ1n) is 21.3. The lowest BCUT2D eigenvalue weighted by molar-refractivity contribution is -0.147. The Bertz CT molecular complexity index is 1180. The molecule has 0 heterocycles. The Morgan fingerprint density at radius 1 is 0.571 bits per heavy atom. The fourth-order valence-electron chi connectivity index (χ4n) is 5.40. The van der Waals surface area contributed by atoms with Gasteiger partial charge in [-0.25, -0.2) is 9.36 Å². The van der Waals surface area contributed by atoms with Crippen LogP contribution in [0.25, 0.3) is 0 Å². The van der Waals surface area contributed by atoms with Crippen LogP contribution in [0.4, 0.5) is 0 Å². The molecule has 3 unspecified atom stereocenters. The van der Waals surface area contributed by atoms with Crippen LogP contribution in [0.3, 0.4) is 0 Å². The highest BCUT2D eigenvalue weighted by Gasteiger charge is 2.28. The molecule has 0 aliphatic rings. The van der Waals surface area contributed by atoms with Gasteiger partial charge in [-0.2, -0.15) is 0 Å². The van der Waals surface area contributed by atoms with Gasteiger partial charge in [0.25, 0.3) is 0 Å². The number of aliphatic hydroxyl groups is 1. The molecule has 0 saturated heterocycles. The number of carbonyl (C=O) groups excluding carboxylic acids is 2. The van der Waals surface area contributed by atoms with E-state index in [-0.39, 0.29) is 12.8 Å². The van der Waals surface area contributed by atoms with Gasteiger partial charge in [0.15, 0.2) is 6.04 Å². The Morgan fingerprint density at radius 2 is 1.00 bits per heavy atom. The number of nitrogens with one attached hydrogen (secondary N) is 1. The van der Waals surface area contributed by atoms with Crippen LogP contribution in [-0.2, 0) is 32.7 Å². The molecule has 0 aromatic carbocycles. The average Bonchev–Trinajstić information content (AvgIpc) is 3.17. The summed E-state index contributed by atoms with van der Waals surface area (Å²) in [7, 11) is -4.76. The van der Waals surface area contributed by atoms with Crippen molar-refractivity contribution in [2.24, 2.45) is 0 Å². The highest BCUT2D eigenvalue weighted by Crippen LogP contribution is 2.43. The molecule has 11 nitrogen and oxygen atoms in total. The predicted octanol–water partition coefficient (Wildman–Crippen LogP) is 10.8. The summed E-state index contributed by atoms with van der Waals surface area (Å²) in [5.74, 6) is -2.42. The van der Waals surface area contributed by atoms with Crippen molar-refractivity contribution >= 4 is 25.7 Å². The number of rotatable bonds is 39. The van der Waals surface area contributed by atoms with Gasteiger partial charge in [0, 0.05) is 12.8 Å². The first-order valence-corrected chi connectivity index (χ1v) is 22.8. The van der Waals surface area contributed by atoms with E-state index in [1.165, 1.54) is 38.5 Å². The molecule has 0 aliphatic heterocycles. The van der Waals surface area contributed by atoms with Crippen molar-refractivity contribution in [3.05, 3.63) is 60.8 Å². The summed E-state index contributed by atoms with van der Waals surface area (Å²) < 4.78 is 26.8. The fraction of sp³-hybridized carbons (Fsp3) is 0.705. The molecule has 3 atom stereocenters. The van der Waals surface area contributed by atoms with Crippen LogP contribution < -0.4 is 5.32 Å². The van der Waals surface area contributed by atoms with Gasteiger partial charge in [-0.05, 0) is 77.0 Å². The quantitative estimate of drug-likeness (QED) is 0.0203. The highest BCUT2D eigenvalue weighted by atomic mass is 31.2. The minimum atomic E-state index is -4.76. The zero-order valence-electron chi connectivity index (χ0n) is 34.7. The molecule has 12 heteroatoms. The summed E-state index contributed by atoms with van der Waals surface area (Å²) in [6.07, 6.45) is 43.9. The largest absolute Gasteiger partial charge is 0.480 e. The summed E-state index contributed by atoms with van der Waals surface area (Å²) in [6.45, 7) is 2.48. The first kappa shape index (κ1) is 53.2. The Morgan fingerprint density at radius 3 is 1.54 bits per heavy atom. The second-order valence-electron chi connectivity index (χ2n) is 14.2. The standard InChI is InChI=1S/C44H76NO10P/c1-3-5-7-9-11-13-15-16-17-18-19-20-21-22-23-24-26-27-29-31-33-35-42(47)45-41(44(49)50)39-55-56(51,52)54-38-40(46)37-53-43(48)36-34-32-30-28-25-14-12-10-8-6-4-2/h10-13,16-17,19-20,22-23,40-41,46H,3-9,14-15,18,21,24-39H2,1-2H3,(H,45,47)(H,49,50)(H,51,52)/b12-10-,13-11-,17-16-,20-19-,23-22-. The number of amides is 1. The van der Waals surface area contributed by atoms with Crippen LogP contribution in [-0.4, -0.2) is 64.9 Å². The number of carbonyl (C=O) groups is 3. The number of hydrogen-bond acceptors (Lipinski definition) is 8. The molecule has 56 heavy (non-hydrogen) atoms. The van der Waals surface area contributed by atoms with E-state index in [9.17, 15) is 34.1 Å². The lowest BCUT2D eigenvalue weighted by Gasteiger charge is -2.18. The number of phosphoric ester groups is 1. The van der Waals surface area contributed by atoms with Crippen molar-refractivity contribution in [3.63, 3.8) is 0 Å². The number of phosphoric acid groups is 1. The average molecular weight is 810 g/mol. The molecule has 0 fully saturated rings. The number of allylic oxidation sites excluding steroid dienone is 10. The van der Waals surface area contributed by atoms with Gasteiger partial charge >= 0.3 is 19.8 Å². The molecule has 0 aliphatic carbocycles. The number of carboxylic acid groups (broad SMARTS) is 1. The lowest BCUT2D eigenvalue weighted by Crippen LogP contribution is -2.43. The van der Waals surface area contributed by atoms with E-state index in [1.54, 1.807) is 0 Å². The van der Waals surface area contributed by atoms with Gasteiger partial charge in [0.1, 0.15) is 12.7 Å². The molecule has 0 spiro atoms. The monoisotopic (exact) mass is 810 g/mol. The number of unbranched alkanes of at least 4 members (excludes halogenated alkanes) is 15. The second kappa shape index (κ2) is 39.0. The van der Waals surface area contributed by atoms with E-state index in [0.29, 0.717) is 12.8 Å². The third-order valence-electron chi connectivity index (χ3n) is 8.78. The van der Waals surface area contributed by atoms with Crippen LogP contribution >= 0.6 is 7.82 Å². The summed E-state index contributed by atoms with van der Waals surface area (Å²) in [5.41, 5.74) is 0. The number of hydrogen-bond donors (Lipinski definition) is 4. The molecule has 0 radical (unpaired) electrons. The second-order valence-corrected chi connectivity index (χ2v) is 15.6. The predicted molar refractivity (Wildman–Crippen MR) is 226 cm³/mol. The molecule has 0 aromatic rings. The van der Waals surface area contributed by atoms with Crippen LogP contribution in [0, 0.1) is 0 Å². The van der Waals surface area contributed by atoms with Crippen molar-refractivity contribution in [3.8, 4) is 0 Å². The van der Waals surface area contributed by atoms with Crippen molar-refractivity contribution in [2.45, 2.75) is 180 Å². The molecular weight excluding hydrogens is 733 g/mol. The van der Waals surface area contributed by atoms with Crippen molar-refractivity contribution in [2.75, 3.05) is 19.8 Å². The zero-order chi connectivity index (χ0) is 41.4. The van der Waals surface area contributed by atoms with Crippen molar-refractivity contribution in [1.29, 1.82) is 0 Å². The SMILES string of the molecule is CCCC/C=C\CCCCCCCC(=O)OCC(O)COP(=O)(O)OCC(NC(=O)CCCCCCC/C=C\C/C=C\C/C=C\C/C=C\CCCCC)C(=O)O. The smallest absolute Gasteiger partial charge is 0.472 e. The molecule has 0 aromatic heterocycles. The van der Waals surface area contributed by atoms with Gasteiger partial charge in [-0.15, -0.1) is 0 Å². The van der Waals surface area contributed by atoms with E-state index >= 15 is 0 Å². The highest BCUT2D eigenvalue weighted by molar-refractivity contribution is 7.47. The molecule has 322 valence electrons. The molecule has 1 amide bonds. The van der Waals surface area contributed by atoms with Crippen LogP contribution in [0.2, 0.25) is 0 Å². The first-order chi connectivity index (χ1) is 27.1. The third-order valence-corrected chi connectivity index (χ3v) is 9.73. The van der Waals surface area contributed by atoms with Crippen LogP contribution in [0.5, 0.6) is 0 Å². The van der Waals surface area contributed by atoms with Crippen LogP contribution in [0.1, 0.15) is 168 Å². The number of aliphatic hydroxyl groups excluding tert-OH is 1. The normalized spacial score (nSPS) is 14.4. The lowest BCUT2D eigenvalue weighted by atomic mass is 10.1. The minimum Gasteiger partial charge on any atom is -0.480 e. The van der Waals surface area contributed by atoms with Gasteiger partial charge in [-0.3, -0.25) is 18.6 Å². The van der Waals surface area contributed by atoms with E-state index < -0.39 is 57.6 Å². The maximum atomic E-state index is 12.3. The number of aliphatic carboxylic acids is 1. The molecule has 0 bridgehead atoms. The van der Waals surface area contributed by atoms with E-state index in [1.807, 2.05) is 0 Å². The Labute approximate surface area is 338 Å². The summed E-state index contributed by atoms with van der Waals surface area (Å²) in [4.78, 5) is 45.8. The van der Waals surface area contributed by atoms with Gasteiger partial charge < -0.3 is 25.2 Å². The van der Waals surface area contributed by atoms with Gasteiger partial charge in [0.2, 0.25) is 5.91 Å². The van der Waals surface area contributed by atoms with Gasteiger partial charge in [-0.1, -0.05) is 139 Å². The van der Waals surface area contributed by atoms with Crippen molar-refractivity contribution in [1.82, 2.24) is 5.32 Å². The zero-order valence-corrected chi connectivity index (χ0v) is 35.6. The molecule has 0 saturated carbocycles. The van der Waals surface area contributed by atoms with Crippen molar-refractivity contribution < 1.29 is 47.8 Å². The molecule has 4 N–H and O–H groups in total. The summed E-state index contributed by atoms with van der Waals surface area (Å²) in [6, 6.07) is -1.56.